The summed E-state index contributed by atoms with van der Waals surface area (Å²) in [6.45, 7) is 0.446. The number of halogens is 2. The van der Waals surface area contributed by atoms with Crippen LogP contribution < -0.4 is 5.32 Å². The predicted octanol–water partition coefficient (Wildman–Crippen LogP) is 4.25. The molecule has 18 heavy (non-hydrogen) atoms. The lowest BCUT2D eigenvalue weighted by Gasteiger charge is -2.13. The maximum atomic E-state index is 10.0. The quantitative estimate of drug-likeness (QED) is 0.880. The molecule has 4 heteroatoms. The van der Waals surface area contributed by atoms with E-state index < -0.39 is 6.10 Å². The van der Waals surface area contributed by atoms with E-state index in [4.69, 9.17) is 11.6 Å². The summed E-state index contributed by atoms with van der Waals surface area (Å²) in [4.78, 5) is 0. The van der Waals surface area contributed by atoms with Gasteiger partial charge in [0.1, 0.15) is 0 Å². The second-order valence-corrected chi connectivity index (χ2v) is 5.20. The van der Waals surface area contributed by atoms with E-state index in [0.29, 0.717) is 11.6 Å². The fraction of sp³-hybridized carbons (Fsp3) is 0.143. The van der Waals surface area contributed by atoms with Crippen molar-refractivity contribution >= 4 is 33.2 Å². The van der Waals surface area contributed by atoms with Gasteiger partial charge in [0, 0.05) is 16.7 Å². The van der Waals surface area contributed by atoms with Crippen LogP contribution in [-0.4, -0.2) is 11.7 Å². The first-order valence-corrected chi connectivity index (χ1v) is 6.76. The molecule has 2 nitrogen and oxygen atoms in total. The van der Waals surface area contributed by atoms with E-state index in [1.807, 2.05) is 48.5 Å². The first-order chi connectivity index (χ1) is 8.66. The molecule has 1 unspecified atom stereocenters. The number of rotatable bonds is 4. The van der Waals surface area contributed by atoms with Gasteiger partial charge in [-0.3, -0.25) is 0 Å². The summed E-state index contributed by atoms with van der Waals surface area (Å²) in [7, 11) is 0. The van der Waals surface area contributed by atoms with Gasteiger partial charge < -0.3 is 10.4 Å². The van der Waals surface area contributed by atoms with Gasteiger partial charge in [-0.05, 0) is 39.7 Å². The highest BCUT2D eigenvalue weighted by atomic mass is 79.9. The van der Waals surface area contributed by atoms with Crippen molar-refractivity contribution in [3.05, 3.63) is 63.6 Å². The molecule has 0 heterocycles. The number of hydrogen-bond acceptors (Lipinski definition) is 2. The summed E-state index contributed by atoms with van der Waals surface area (Å²) < 4.78 is 0.860. The highest BCUT2D eigenvalue weighted by molar-refractivity contribution is 9.10. The highest BCUT2D eigenvalue weighted by Gasteiger charge is 2.06. The summed E-state index contributed by atoms with van der Waals surface area (Å²) in [5.74, 6) is 0. The normalized spacial score (nSPS) is 12.2. The zero-order valence-corrected chi connectivity index (χ0v) is 11.9. The van der Waals surface area contributed by atoms with Gasteiger partial charge in [-0.25, -0.2) is 0 Å². The molecule has 0 aliphatic heterocycles. The number of hydrogen-bond donors (Lipinski definition) is 2. The number of anilines is 1. The Balaban J connectivity index is 1.97. The van der Waals surface area contributed by atoms with Gasteiger partial charge in [-0.15, -0.1) is 0 Å². The van der Waals surface area contributed by atoms with Crippen molar-refractivity contribution < 1.29 is 5.11 Å². The molecule has 2 aromatic rings. The lowest BCUT2D eigenvalue weighted by Crippen LogP contribution is -2.11. The van der Waals surface area contributed by atoms with Crippen molar-refractivity contribution in [3.63, 3.8) is 0 Å². The molecule has 0 aliphatic carbocycles. The van der Waals surface area contributed by atoms with Crippen LogP contribution in [0.25, 0.3) is 0 Å². The van der Waals surface area contributed by atoms with Crippen molar-refractivity contribution in [1.82, 2.24) is 0 Å². The third-order valence-corrected chi connectivity index (χ3v) is 3.84. The molecular formula is C14H13BrClNO. The number of aliphatic hydroxyl groups is 1. The molecule has 0 bridgehead atoms. The first kappa shape index (κ1) is 13.4. The number of benzene rings is 2. The smallest absolute Gasteiger partial charge is 0.0962 e. The third-order valence-electron chi connectivity index (χ3n) is 2.60. The van der Waals surface area contributed by atoms with Crippen molar-refractivity contribution in [2.45, 2.75) is 6.10 Å². The second-order valence-electron chi connectivity index (χ2n) is 3.94. The van der Waals surface area contributed by atoms with Crippen LogP contribution in [0.3, 0.4) is 0 Å². The molecule has 2 aromatic carbocycles. The average molecular weight is 327 g/mol. The molecule has 0 radical (unpaired) electrons. The minimum absolute atomic E-state index is 0.446. The van der Waals surface area contributed by atoms with Gasteiger partial charge in [0.2, 0.25) is 0 Å². The van der Waals surface area contributed by atoms with Crippen molar-refractivity contribution in [2.24, 2.45) is 0 Å². The summed E-state index contributed by atoms with van der Waals surface area (Å²) in [5.41, 5.74) is 1.78. The molecule has 0 saturated carbocycles. The minimum atomic E-state index is -0.534. The Kier molecular flexibility index (Phi) is 4.64. The molecule has 2 N–H and O–H groups in total. The van der Waals surface area contributed by atoms with Crippen LogP contribution in [-0.2, 0) is 0 Å². The molecule has 0 aliphatic rings. The Morgan fingerprint density at radius 2 is 1.89 bits per heavy atom. The standard InChI is InChI=1S/C14H13BrClNO/c15-12-7-6-11(8-13(12)16)17-9-14(18)10-4-2-1-3-5-10/h1-8,14,17-18H,9H2. The third kappa shape index (κ3) is 3.48. The fourth-order valence-corrected chi connectivity index (χ4v) is 2.04. The van der Waals surface area contributed by atoms with E-state index >= 15 is 0 Å². The van der Waals surface area contributed by atoms with Crippen molar-refractivity contribution in [1.29, 1.82) is 0 Å². The van der Waals surface area contributed by atoms with Crippen LogP contribution in [0, 0.1) is 0 Å². The van der Waals surface area contributed by atoms with Gasteiger partial charge in [-0.2, -0.15) is 0 Å². The molecule has 94 valence electrons. The Labute approximate surface area is 120 Å². The van der Waals surface area contributed by atoms with Crippen LogP contribution in [0.2, 0.25) is 5.02 Å². The van der Waals surface area contributed by atoms with E-state index in [2.05, 4.69) is 21.2 Å². The largest absolute Gasteiger partial charge is 0.387 e. The number of aliphatic hydroxyl groups excluding tert-OH is 1. The van der Waals surface area contributed by atoms with E-state index in [1.165, 1.54) is 0 Å². The Bertz CT molecular complexity index is 518. The van der Waals surface area contributed by atoms with Gasteiger partial charge in [0.05, 0.1) is 11.1 Å². The molecular weight excluding hydrogens is 314 g/mol. The molecule has 0 saturated heterocycles. The lowest BCUT2D eigenvalue weighted by molar-refractivity contribution is 0.191. The Morgan fingerprint density at radius 1 is 1.17 bits per heavy atom. The summed E-state index contributed by atoms with van der Waals surface area (Å²) in [6, 6.07) is 15.2. The summed E-state index contributed by atoms with van der Waals surface area (Å²) in [5, 5.41) is 13.8. The van der Waals surface area contributed by atoms with Crippen LogP contribution in [0.15, 0.2) is 53.0 Å². The Hall–Kier alpha value is -1.03. The summed E-state index contributed by atoms with van der Waals surface area (Å²) in [6.07, 6.45) is -0.534. The lowest BCUT2D eigenvalue weighted by atomic mass is 10.1. The highest BCUT2D eigenvalue weighted by Crippen LogP contribution is 2.25. The average Bonchev–Trinajstić information content (AvgIpc) is 2.41. The molecule has 0 spiro atoms. The molecule has 0 fully saturated rings. The zero-order valence-electron chi connectivity index (χ0n) is 9.61. The molecule has 2 rings (SSSR count). The second kappa shape index (κ2) is 6.23. The summed E-state index contributed by atoms with van der Waals surface area (Å²) >= 11 is 9.33. The van der Waals surface area contributed by atoms with Gasteiger partial charge in [0.25, 0.3) is 0 Å². The fourth-order valence-electron chi connectivity index (χ4n) is 1.61. The van der Waals surface area contributed by atoms with Gasteiger partial charge in [-0.1, -0.05) is 41.9 Å². The van der Waals surface area contributed by atoms with E-state index in [-0.39, 0.29) is 0 Å². The zero-order chi connectivity index (χ0) is 13.0. The monoisotopic (exact) mass is 325 g/mol. The van der Waals surface area contributed by atoms with Gasteiger partial charge >= 0.3 is 0 Å². The topological polar surface area (TPSA) is 32.3 Å². The van der Waals surface area contributed by atoms with Crippen LogP contribution in [0.5, 0.6) is 0 Å². The van der Waals surface area contributed by atoms with Crippen LogP contribution in [0.1, 0.15) is 11.7 Å². The van der Waals surface area contributed by atoms with E-state index in [0.717, 1.165) is 15.7 Å². The maximum absolute atomic E-state index is 10.0. The first-order valence-electron chi connectivity index (χ1n) is 5.59. The number of nitrogens with one attached hydrogen (secondary N) is 1. The maximum Gasteiger partial charge on any atom is 0.0962 e. The van der Waals surface area contributed by atoms with E-state index in [1.54, 1.807) is 0 Å². The molecule has 0 amide bonds. The predicted molar refractivity (Wildman–Crippen MR) is 79.0 cm³/mol. The molecule has 0 aromatic heterocycles. The van der Waals surface area contributed by atoms with Crippen LogP contribution in [0.4, 0.5) is 5.69 Å². The van der Waals surface area contributed by atoms with Crippen LogP contribution >= 0.6 is 27.5 Å². The van der Waals surface area contributed by atoms with Crippen molar-refractivity contribution in [3.8, 4) is 0 Å². The van der Waals surface area contributed by atoms with Crippen molar-refractivity contribution in [2.75, 3.05) is 11.9 Å². The SMILES string of the molecule is OC(CNc1ccc(Br)c(Cl)c1)c1ccccc1. The van der Waals surface area contributed by atoms with Gasteiger partial charge in [0.15, 0.2) is 0 Å². The Morgan fingerprint density at radius 3 is 2.56 bits per heavy atom. The minimum Gasteiger partial charge on any atom is -0.387 e. The molecule has 1 atom stereocenters. The van der Waals surface area contributed by atoms with E-state index in [9.17, 15) is 5.11 Å².